The molecular formula is C20H15N3O2. The minimum absolute atomic E-state index is 0.229. The van der Waals surface area contributed by atoms with Gasteiger partial charge in [-0.25, -0.2) is 0 Å². The number of nitrogen functional groups attached to an aromatic ring is 2. The lowest BCUT2D eigenvalue weighted by atomic mass is 9.82. The quantitative estimate of drug-likeness (QED) is 0.490. The van der Waals surface area contributed by atoms with E-state index in [0.29, 0.717) is 16.8 Å². The van der Waals surface area contributed by atoms with Crippen molar-refractivity contribution in [3.63, 3.8) is 0 Å². The maximum absolute atomic E-state index is 13.0. The summed E-state index contributed by atoms with van der Waals surface area (Å²) in [5.41, 5.74) is 15.1. The number of carbonyl (C=O) groups excluding carboxylic acids is 2. The van der Waals surface area contributed by atoms with Crippen LogP contribution in [0.25, 0.3) is 0 Å². The molecule has 0 saturated heterocycles. The van der Waals surface area contributed by atoms with Crippen molar-refractivity contribution < 1.29 is 9.59 Å². The normalized spacial score (nSPS) is 12.5. The van der Waals surface area contributed by atoms with Gasteiger partial charge in [-0.1, -0.05) is 42.5 Å². The zero-order chi connectivity index (χ0) is 17.6. The van der Waals surface area contributed by atoms with E-state index in [1.54, 1.807) is 24.3 Å². The molecule has 5 N–H and O–H groups in total. The number of anilines is 4. The minimum atomic E-state index is -0.240. The summed E-state index contributed by atoms with van der Waals surface area (Å²) in [5, 5.41) is 3.14. The molecule has 1 aliphatic rings. The van der Waals surface area contributed by atoms with Gasteiger partial charge in [0.1, 0.15) is 0 Å². The fraction of sp³-hybridized carbons (Fsp3) is 0. The van der Waals surface area contributed by atoms with Crippen molar-refractivity contribution in [1.29, 1.82) is 0 Å². The number of carbonyl (C=O) groups is 2. The van der Waals surface area contributed by atoms with Crippen LogP contribution in [0.2, 0.25) is 0 Å². The molecule has 0 spiro atoms. The summed E-state index contributed by atoms with van der Waals surface area (Å²) >= 11 is 0. The van der Waals surface area contributed by atoms with Crippen LogP contribution < -0.4 is 16.8 Å². The van der Waals surface area contributed by atoms with Gasteiger partial charge in [0, 0.05) is 22.4 Å². The Morgan fingerprint density at radius 2 is 1.32 bits per heavy atom. The first-order valence-corrected chi connectivity index (χ1v) is 7.80. The molecule has 25 heavy (non-hydrogen) atoms. The lowest BCUT2D eigenvalue weighted by molar-refractivity contribution is 0.0980. The summed E-state index contributed by atoms with van der Waals surface area (Å²) in [6, 6.07) is 17.5. The number of rotatable bonds is 2. The molecule has 5 heteroatoms. The molecule has 0 saturated carbocycles. The fourth-order valence-electron chi connectivity index (χ4n) is 3.09. The van der Waals surface area contributed by atoms with Crippen LogP contribution >= 0.6 is 0 Å². The van der Waals surface area contributed by atoms with Crippen LogP contribution in [0.3, 0.4) is 0 Å². The summed E-state index contributed by atoms with van der Waals surface area (Å²) in [7, 11) is 0. The predicted octanol–water partition coefficient (Wildman–Crippen LogP) is 3.37. The molecule has 0 fully saturated rings. The number of hydrogen-bond donors (Lipinski definition) is 3. The van der Waals surface area contributed by atoms with Gasteiger partial charge in [-0.3, -0.25) is 9.59 Å². The van der Waals surface area contributed by atoms with Crippen LogP contribution in [0.4, 0.5) is 22.7 Å². The lowest BCUT2D eigenvalue weighted by Gasteiger charge is -2.23. The standard InChI is InChI=1S/C20H15N3O2/c21-15-10-14-16(18(17(15)22)23-11-6-2-1-3-7-11)20(25)13-9-5-4-8-12(13)19(14)24/h1-10,23H,21-22H2. The number of fused-ring (bicyclic) bond motifs is 2. The van der Waals surface area contributed by atoms with E-state index in [2.05, 4.69) is 5.32 Å². The molecule has 5 nitrogen and oxygen atoms in total. The Morgan fingerprint density at radius 1 is 0.720 bits per heavy atom. The first-order chi connectivity index (χ1) is 12.1. The maximum Gasteiger partial charge on any atom is 0.196 e. The summed E-state index contributed by atoms with van der Waals surface area (Å²) in [5.74, 6) is -0.469. The highest BCUT2D eigenvalue weighted by Crippen LogP contribution is 2.39. The summed E-state index contributed by atoms with van der Waals surface area (Å²) in [6.45, 7) is 0. The second-order valence-corrected chi connectivity index (χ2v) is 5.87. The number of para-hydroxylation sites is 1. The highest BCUT2D eigenvalue weighted by Gasteiger charge is 2.33. The van der Waals surface area contributed by atoms with Crippen molar-refractivity contribution in [3.8, 4) is 0 Å². The van der Waals surface area contributed by atoms with Gasteiger partial charge in [0.05, 0.1) is 22.6 Å². The van der Waals surface area contributed by atoms with Gasteiger partial charge in [0.2, 0.25) is 0 Å². The van der Waals surface area contributed by atoms with E-state index in [0.717, 1.165) is 5.69 Å². The molecule has 1 aliphatic carbocycles. The molecule has 3 aromatic rings. The van der Waals surface area contributed by atoms with Crippen molar-refractivity contribution in [1.82, 2.24) is 0 Å². The van der Waals surface area contributed by atoms with Gasteiger partial charge in [-0.05, 0) is 18.2 Å². The van der Waals surface area contributed by atoms with Gasteiger partial charge in [0.15, 0.2) is 11.6 Å². The molecule has 0 aromatic heterocycles. The van der Waals surface area contributed by atoms with Gasteiger partial charge in [0.25, 0.3) is 0 Å². The largest absolute Gasteiger partial charge is 0.397 e. The van der Waals surface area contributed by atoms with E-state index in [4.69, 9.17) is 11.5 Å². The van der Waals surface area contributed by atoms with Gasteiger partial charge >= 0.3 is 0 Å². The number of ketones is 2. The van der Waals surface area contributed by atoms with Crippen molar-refractivity contribution in [2.45, 2.75) is 0 Å². The Morgan fingerprint density at radius 3 is 2.00 bits per heavy atom. The average molecular weight is 329 g/mol. The molecule has 0 amide bonds. The molecule has 0 atom stereocenters. The summed E-state index contributed by atoms with van der Waals surface area (Å²) in [6.07, 6.45) is 0. The third-order valence-corrected chi connectivity index (χ3v) is 4.33. The van der Waals surface area contributed by atoms with Crippen molar-refractivity contribution in [3.05, 3.63) is 82.9 Å². The number of nitrogens with two attached hydrogens (primary N) is 2. The highest BCUT2D eigenvalue weighted by atomic mass is 16.1. The first kappa shape index (κ1) is 15.0. The summed E-state index contributed by atoms with van der Waals surface area (Å²) < 4.78 is 0. The SMILES string of the molecule is Nc1cc2c(c(Nc3ccccc3)c1N)C(=O)c1ccccc1C2=O. The Hall–Kier alpha value is -3.60. The van der Waals surface area contributed by atoms with E-state index >= 15 is 0 Å². The van der Waals surface area contributed by atoms with Crippen LogP contribution in [0, 0.1) is 0 Å². The second kappa shape index (κ2) is 5.49. The predicted molar refractivity (Wildman–Crippen MR) is 98.3 cm³/mol. The van der Waals surface area contributed by atoms with Crippen LogP contribution in [-0.4, -0.2) is 11.6 Å². The van der Waals surface area contributed by atoms with Crippen LogP contribution in [-0.2, 0) is 0 Å². The van der Waals surface area contributed by atoms with Crippen LogP contribution in [0.15, 0.2) is 60.7 Å². The molecular weight excluding hydrogens is 314 g/mol. The zero-order valence-electron chi connectivity index (χ0n) is 13.2. The highest BCUT2D eigenvalue weighted by molar-refractivity contribution is 6.31. The molecule has 0 bridgehead atoms. The van der Waals surface area contributed by atoms with Gasteiger partial charge in [-0.15, -0.1) is 0 Å². The Kier molecular flexibility index (Phi) is 3.28. The molecule has 4 rings (SSSR count). The molecule has 3 aromatic carbocycles. The molecule has 0 heterocycles. The Balaban J connectivity index is 1.96. The van der Waals surface area contributed by atoms with Crippen LogP contribution in [0.1, 0.15) is 31.8 Å². The van der Waals surface area contributed by atoms with Crippen molar-refractivity contribution in [2.24, 2.45) is 0 Å². The molecule has 122 valence electrons. The third-order valence-electron chi connectivity index (χ3n) is 4.33. The van der Waals surface area contributed by atoms with Crippen LogP contribution in [0.5, 0.6) is 0 Å². The maximum atomic E-state index is 13.0. The van der Waals surface area contributed by atoms with Crippen molar-refractivity contribution >= 4 is 34.3 Å². The third kappa shape index (κ3) is 2.25. The second-order valence-electron chi connectivity index (χ2n) is 5.87. The topological polar surface area (TPSA) is 98.2 Å². The lowest BCUT2D eigenvalue weighted by Crippen LogP contribution is -2.23. The zero-order valence-corrected chi connectivity index (χ0v) is 13.2. The minimum Gasteiger partial charge on any atom is -0.397 e. The van der Waals surface area contributed by atoms with Gasteiger partial charge in [-0.2, -0.15) is 0 Å². The Labute approximate surface area is 144 Å². The van der Waals surface area contributed by atoms with Crippen molar-refractivity contribution in [2.75, 3.05) is 16.8 Å². The molecule has 0 radical (unpaired) electrons. The van der Waals surface area contributed by atoms with E-state index in [1.807, 2.05) is 30.3 Å². The smallest absolute Gasteiger partial charge is 0.196 e. The van der Waals surface area contributed by atoms with E-state index in [9.17, 15) is 9.59 Å². The number of hydrogen-bond acceptors (Lipinski definition) is 5. The Bertz CT molecular complexity index is 1030. The van der Waals surface area contributed by atoms with E-state index < -0.39 is 0 Å². The monoisotopic (exact) mass is 329 g/mol. The summed E-state index contributed by atoms with van der Waals surface area (Å²) in [4.78, 5) is 25.9. The average Bonchev–Trinajstić information content (AvgIpc) is 2.64. The number of benzene rings is 3. The first-order valence-electron chi connectivity index (χ1n) is 7.80. The molecule has 0 unspecified atom stereocenters. The van der Waals surface area contributed by atoms with E-state index in [1.165, 1.54) is 6.07 Å². The molecule has 0 aliphatic heterocycles. The van der Waals surface area contributed by atoms with E-state index in [-0.39, 0.29) is 34.1 Å². The van der Waals surface area contributed by atoms with Gasteiger partial charge < -0.3 is 16.8 Å². The fourth-order valence-corrected chi connectivity index (χ4v) is 3.09. The number of nitrogens with one attached hydrogen (secondary N) is 1.